The highest BCUT2D eigenvalue weighted by atomic mass is 16.5. The van der Waals surface area contributed by atoms with Crippen molar-refractivity contribution in [1.82, 2.24) is 0 Å². The highest BCUT2D eigenvalue weighted by Crippen LogP contribution is 2.35. The Labute approximate surface area is 88.1 Å². The fraction of sp³-hybridized carbons (Fsp3) is 0.364. The van der Waals surface area contributed by atoms with Crippen molar-refractivity contribution in [3.05, 3.63) is 23.3 Å². The van der Waals surface area contributed by atoms with Crippen molar-refractivity contribution in [3.63, 3.8) is 0 Å². The number of hydrogen-bond donors (Lipinski definition) is 2. The lowest BCUT2D eigenvalue weighted by molar-refractivity contribution is 0.0696. The molecule has 0 saturated heterocycles. The van der Waals surface area contributed by atoms with Gasteiger partial charge in [-0.25, -0.2) is 4.79 Å². The number of aromatic carboxylic acids is 1. The number of ether oxygens (including phenoxy) is 1. The Morgan fingerprint density at radius 1 is 1.40 bits per heavy atom. The second-order valence-corrected chi connectivity index (χ2v) is 3.57. The highest BCUT2D eigenvalue weighted by Gasteiger charge is 2.16. The fourth-order valence-electron chi connectivity index (χ4n) is 1.48. The van der Waals surface area contributed by atoms with Gasteiger partial charge in [0.2, 0.25) is 0 Å². The molecule has 4 heteroatoms. The quantitative estimate of drug-likeness (QED) is 0.802. The second-order valence-electron chi connectivity index (χ2n) is 3.57. The maximum atomic E-state index is 10.7. The SMILES string of the molecule is COc1cc(C(=O)O)cc(O)c1C(C)C. The van der Waals surface area contributed by atoms with E-state index in [-0.39, 0.29) is 17.2 Å². The summed E-state index contributed by atoms with van der Waals surface area (Å²) in [6.07, 6.45) is 0. The average molecular weight is 210 g/mol. The fourth-order valence-corrected chi connectivity index (χ4v) is 1.48. The minimum Gasteiger partial charge on any atom is -0.507 e. The molecule has 0 aliphatic heterocycles. The van der Waals surface area contributed by atoms with Crippen LogP contribution in [0.4, 0.5) is 0 Å². The third kappa shape index (κ3) is 2.21. The van der Waals surface area contributed by atoms with Gasteiger partial charge in [-0.05, 0) is 18.1 Å². The van der Waals surface area contributed by atoms with Gasteiger partial charge in [0.15, 0.2) is 0 Å². The first kappa shape index (κ1) is 11.4. The summed E-state index contributed by atoms with van der Waals surface area (Å²) in [5, 5.41) is 18.5. The molecule has 0 radical (unpaired) electrons. The summed E-state index contributed by atoms with van der Waals surface area (Å²) in [5.41, 5.74) is 0.649. The number of hydrogen-bond acceptors (Lipinski definition) is 3. The van der Waals surface area contributed by atoms with Gasteiger partial charge in [-0.1, -0.05) is 13.8 Å². The zero-order chi connectivity index (χ0) is 11.6. The Morgan fingerprint density at radius 2 is 2.00 bits per heavy atom. The number of phenols is 1. The van der Waals surface area contributed by atoms with Crippen LogP contribution >= 0.6 is 0 Å². The molecule has 1 aromatic carbocycles. The standard InChI is InChI=1S/C11H14O4/c1-6(2)10-8(12)4-7(11(13)14)5-9(10)15-3/h4-6,12H,1-3H3,(H,13,14). The first-order chi connectivity index (χ1) is 6.97. The Kier molecular flexibility index (Phi) is 3.19. The lowest BCUT2D eigenvalue weighted by atomic mass is 9.99. The third-order valence-electron chi connectivity index (χ3n) is 2.16. The third-order valence-corrected chi connectivity index (χ3v) is 2.16. The molecule has 0 amide bonds. The molecule has 82 valence electrons. The second kappa shape index (κ2) is 4.21. The molecule has 0 aromatic heterocycles. The summed E-state index contributed by atoms with van der Waals surface area (Å²) in [6.45, 7) is 3.80. The van der Waals surface area contributed by atoms with E-state index in [2.05, 4.69) is 0 Å². The predicted molar refractivity (Wildman–Crippen MR) is 55.7 cm³/mol. The maximum absolute atomic E-state index is 10.7. The number of rotatable bonds is 3. The molecule has 0 aliphatic rings. The Hall–Kier alpha value is -1.71. The van der Waals surface area contributed by atoms with Gasteiger partial charge in [0.05, 0.1) is 12.7 Å². The van der Waals surface area contributed by atoms with Crippen molar-refractivity contribution < 1.29 is 19.7 Å². The normalized spacial score (nSPS) is 10.4. The van der Waals surface area contributed by atoms with Gasteiger partial charge in [-0.15, -0.1) is 0 Å². The molecule has 1 aromatic rings. The molecule has 4 nitrogen and oxygen atoms in total. The number of carbonyl (C=O) groups is 1. The molecule has 0 unspecified atom stereocenters. The Balaban J connectivity index is 3.37. The molecular weight excluding hydrogens is 196 g/mol. The van der Waals surface area contributed by atoms with Crippen LogP contribution in [0, 0.1) is 0 Å². The Morgan fingerprint density at radius 3 is 2.40 bits per heavy atom. The molecule has 0 aliphatic carbocycles. The number of carboxylic acid groups (broad SMARTS) is 1. The van der Waals surface area contributed by atoms with Crippen molar-refractivity contribution in [2.24, 2.45) is 0 Å². The summed E-state index contributed by atoms with van der Waals surface area (Å²) in [5.74, 6) is -0.647. The number of aromatic hydroxyl groups is 1. The van der Waals surface area contributed by atoms with Gasteiger partial charge >= 0.3 is 5.97 Å². The monoisotopic (exact) mass is 210 g/mol. The first-order valence-corrected chi connectivity index (χ1v) is 4.61. The molecule has 0 bridgehead atoms. The van der Waals surface area contributed by atoms with Gasteiger partial charge < -0.3 is 14.9 Å². The molecule has 2 N–H and O–H groups in total. The lowest BCUT2D eigenvalue weighted by Crippen LogP contribution is -2.01. The predicted octanol–water partition coefficient (Wildman–Crippen LogP) is 2.22. The van der Waals surface area contributed by atoms with E-state index < -0.39 is 5.97 Å². The van der Waals surface area contributed by atoms with Crippen molar-refractivity contribution in [2.45, 2.75) is 19.8 Å². The van der Waals surface area contributed by atoms with Crippen LogP contribution in [0.3, 0.4) is 0 Å². The van der Waals surface area contributed by atoms with E-state index >= 15 is 0 Å². The molecule has 0 fully saturated rings. The molecular formula is C11H14O4. The number of phenolic OH excluding ortho intramolecular Hbond substituents is 1. The van der Waals surface area contributed by atoms with Crippen LogP contribution in [0.2, 0.25) is 0 Å². The van der Waals surface area contributed by atoms with Crippen LogP contribution < -0.4 is 4.74 Å². The van der Waals surface area contributed by atoms with E-state index in [1.807, 2.05) is 13.8 Å². The minimum absolute atomic E-state index is 0.0220. The van der Waals surface area contributed by atoms with Crippen molar-refractivity contribution in [2.75, 3.05) is 7.11 Å². The number of methoxy groups -OCH3 is 1. The van der Waals surface area contributed by atoms with Gasteiger partial charge in [-0.2, -0.15) is 0 Å². The average Bonchev–Trinajstić information content (AvgIpc) is 2.15. The topological polar surface area (TPSA) is 66.8 Å². The molecule has 1 rings (SSSR count). The summed E-state index contributed by atoms with van der Waals surface area (Å²) < 4.78 is 5.05. The van der Waals surface area contributed by atoms with E-state index in [9.17, 15) is 9.90 Å². The van der Waals surface area contributed by atoms with E-state index in [4.69, 9.17) is 9.84 Å². The van der Waals surface area contributed by atoms with Crippen LogP contribution in [0.5, 0.6) is 11.5 Å². The smallest absolute Gasteiger partial charge is 0.335 e. The maximum Gasteiger partial charge on any atom is 0.335 e. The van der Waals surface area contributed by atoms with Gasteiger partial charge in [0.25, 0.3) is 0 Å². The lowest BCUT2D eigenvalue weighted by Gasteiger charge is -2.14. The van der Waals surface area contributed by atoms with E-state index in [0.717, 1.165) is 0 Å². The summed E-state index contributed by atoms with van der Waals surface area (Å²) in [6, 6.07) is 2.65. The summed E-state index contributed by atoms with van der Waals surface area (Å²) >= 11 is 0. The number of benzene rings is 1. The molecule has 0 heterocycles. The van der Waals surface area contributed by atoms with E-state index in [1.165, 1.54) is 19.2 Å². The first-order valence-electron chi connectivity index (χ1n) is 4.61. The van der Waals surface area contributed by atoms with Crippen LogP contribution in [0.25, 0.3) is 0 Å². The van der Waals surface area contributed by atoms with Crippen LogP contribution in [-0.2, 0) is 0 Å². The van der Waals surface area contributed by atoms with E-state index in [1.54, 1.807) is 0 Å². The van der Waals surface area contributed by atoms with Gasteiger partial charge in [0.1, 0.15) is 11.5 Å². The van der Waals surface area contributed by atoms with Crippen molar-refractivity contribution >= 4 is 5.97 Å². The highest BCUT2D eigenvalue weighted by molar-refractivity contribution is 5.89. The molecule has 0 saturated carbocycles. The van der Waals surface area contributed by atoms with Crippen molar-refractivity contribution in [3.8, 4) is 11.5 Å². The van der Waals surface area contributed by atoms with Crippen LogP contribution in [0.15, 0.2) is 12.1 Å². The molecule has 0 spiro atoms. The molecule has 0 atom stereocenters. The zero-order valence-corrected chi connectivity index (χ0v) is 8.94. The largest absolute Gasteiger partial charge is 0.507 e. The Bertz CT molecular complexity index is 382. The van der Waals surface area contributed by atoms with Crippen molar-refractivity contribution in [1.29, 1.82) is 0 Å². The van der Waals surface area contributed by atoms with Crippen LogP contribution in [-0.4, -0.2) is 23.3 Å². The zero-order valence-electron chi connectivity index (χ0n) is 8.94. The van der Waals surface area contributed by atoms with Crippen LogP contribution in [0.1, 0.15) is 35.7 Å². The molecule has 15 heavy (non-hydrogen) atoms. The summed E-state index contributed by atoms with van der Waals surface area (Å²) in [7, 11) is 1.45. The summed E-state index contributed by atoms with van der Waals surface area (Å²) in [4.78, 5) is 10.7. The van der Waals surface area contributed by atoms with Gasteiger partial charge in [0, 0.05) is 5.56 Å². The number of carboxylic acids is 1. The van der Waals surface area contributed by atoms with E-state index in [0.29, 0.717) is 11.3 Å². The van der Waals surface area contributed by atoms with Gasteiger partial charge in [-0.3, -0.25) is 0 Å². The minimum atomic E-state index is -1.08.